The van der Waals surface area contributed by atoms with Crippen molar-refractivity contribution >= 4 is 0 Å². The third kappa shape index (κ3) is 29.7. The smallest absolute Gasteiger partial charge is 0.0487 e. The number of methoxy groups -OCH3 is 1. The Morgan fingerprint density at radius 2 is 1.29 bits per heavy atom. The maximum absolute atomic E-state index is 5.30. The maximum Gasteiger partial charge on any atom is 0.0487 e. The molecule has 0 spiro atoms. The summed E-state index contributed by atoms with van der Waals surface area (Å²) in [6.45, 7) is 4.72. The van der Waals surface area contributed by atoms with E-state index in [4.69, 9.17) is 9.47 Å². The quantitative estimate of drug-likeness (QED) is 0.580. The van der Waals surface area contributed by atoms with E-state index < -0.39 is 0 Å². The van der Waals surface area contributed by atoms with Crippen molar-refractivity contribution in [1.82, 2.24) is 0 Å². The molecule has 2 nitrogen and oxygen atoms in total. The lowest BCUT2D eigenvalue weighted by Crippen LogP contribution is -1.99. The summed E-state index contributed by atoms with van der Waals surface area (Å²) in [5.74, 6) is 0. The highest BCUT2D eigenvalue weighted by Crippen LogP contribution is 1.89. The van der Waals surface area contributed by atoms with Crippen molar-refractivity contribution < 1.29 is 9.47 Å². The molecule has 0 aromatic heterocycles. The van der Waals surface area contributed by atoms with Crippen molar-refractivity contribution in [3.63, 3.8) is 0 Å². The molecule has 0 N–H and O–H groups in total. The predicted molar refractivity (Wildman–Crippen MR) is 69.1 cm³/mol. The standard InChI is InChI=1S/C8H18O2.4CH4/c1-3-4-7-10-8-5-6-9-2;;;;/h3-8H2,1-2H3;4*1H4. The number of unbranched alkanes of at least 4 members (excludes halogenated alkanes) is 1. The van der Waals surface area contributed by atoms with Crippen LogP contribution in [0.25, 0.3) is 0 Å². The Balaban J connectivity index is -0.0000000675. The summed E-state index contributed by atoms with van der Waals surface area (Å²) >= 11 is 0. The second-order valence-electron chi connectivity index (χ2n) is 2.31. The van der Waals surface area contributed by atoms with Gasteiger partial charge in [-0.1, -0.05) is 43.1 Å². The first kappa shape index (κ1) is 29.2. The number of ether oxygens (including phenoxy) is 2. The molecule has 0 rings (SSSR count). The van der Waals surface area contributed by atoms with Crippen molar-refractivity contribution in [3.8, 4) is 0 Å². The van der Waals surface area contributed by atoms with E-state index in [0.717, 1.165) is 26.2 Å². The minimum Gasteiger partial charge on any atom is -0.385 e. The molecule has 0 aliphatic rings. The van der Waals surface area contributed by atoms with Gasteiger partial charge in [0.05, 0.1) is 0 Å². The van der Waals surface area contributed by atoms with Crippen LogP contribution >= 0.6 is 0 Å². The summed E-state index contributed by atoms with van der Waals surface area (Å²) in [7, 11) is 1.71. The molecule has 0 heterocycles. The van der Waals surface area contributed by atoms with Crippen molar-refractivity contribution in [2.24, 2.45) is 0 Å². The van der Waals surface area contributed by atoms with Gasteiger partial charge in [0.2, 0.25) is 0 Å². The van der Waals surface area contributed by atoms with Crippen LogP contribution in [0.5, 0.6) is 0 Å². The molecule has 14 heavy (non-hydrogen) atoms. The van der Waals surface area contributed by atoms with E-state index in [9.17, 15) is 0 Å². The van der Waals surface area contributed by atoms with Gasteiger partial charge in [-0.15, -0.1) is 0 Å². The van der Waals surface area contributed by atoms with Gasteiger partial charge in [0, 0.05) is 26.9 Å². The van der Waals surface area contributed by atoms with Crippen molar-refractivity contribution in [1.29, 1.82) is 0 Å². The fraction of sp³-hybridized carbons (Fsp3) is 1.00. The second-order valence-corrected chi connectivity index (χ2v) is 2.31. The van der Waals surface area contributed by atoms with E-state index in [2.05, 4.69) is 6.92 Å². The van der Waals surface area contributed by atoms with Crippen molar-refractivity contribution in [3.05, 3.63) is 0 Å². The van der Waals surface area contributed by atoms with E-state index in [1.165, 1.54) is 12.8 Å². The molecule has 0 saturated heterocycles. The topological polar surface area (TPSA) is 18.5 Å². The third-order valence-electron chi connectivity index (χ3n) is 1.28. The number of rotatable bonds is 7. The average molecular weight is 210 g/mol. The Hall–Kier alpha value is -0.0800. The van der Waals surface area contributed by atoms with Crippen LogP contribution in [0.2, 0.25) is 0 Å². The van der Waals surface area contributed by atoms with Gasteiger partial charge in [-0.3, -0.25) is 0 Å². The predicted octanol–water partition coefficient (Wildman–Crippen LogP) is 4.38. The molecule has 0 unspecified atom stereocenters. The lowest BCUT2D eigenvalue weighted by molar-refractivity contribution is 0.101. The first-order valence-electron chi connectivity index (χ1n) is 3.98. The van der Waals surface area contributed by atoms with Crippen LogP contribution in [0.15, 0.2) is 0 Å². The minimum absolute atomic E-state index is 0. The molecule has 0 aliphatic carbocycles. The van der Waals surface area contributed by atoms with Gasteiger partial charge < -0.3 is 9.47 Å². The molecular weight excluding hydrogens is 176 g/mol. The van der Waals surface area contributed by atoms with Gasteiger partial charge in [0.25, 0.3) is 0 Å². The van der Waals surface area contributed by atoms with E-state index in [0.29, 0.717) is 0 Å². The van der Waals surface area contributed by atoms with Crippen LogP contribution < -0.4 is 0 Å². The molecule has 0 radical (unpaired) electrons. The highest BCUT2D eigenvalue weighted by Gasteiger charge is 1.86. The Morgan fingerprint density at radius 1 is 0.786 bits per heavy atom. The molecule has 2 heteroatoms. The lowest BCUT2D eigenvalue weighted by Gasteiger charge is -2.01. The molecule has 94 valence electrons. The molecule has 0 aromatic rings. The molecule has 0 atom stereocenters. The van der Waals surface area contributed by atoms with E-state index in [1.807, 2.05) is 0 Å². The van der Waals surface area contributed by atoms with E-state index in [1.54, 1.807) is 7.11 Å². The number of hydrogen-bond donors (Lipinski definition) is 0. The average Bonchev–Trinajstić information content (AvgIpc) is 1.97. The van der Waals surface area contributed by atoms with Gasteiger partial charge in [-0.25, -0.2) is 0 Å². The summed E-state index contributed by atoms with van der Waals surface area (Å²) in [5, 5.41) is 0. The Kier molecular flexibility index (Phi) is 61.0. The molecule has 0 aromatic carbocycles. The first-order valence-corrected chi connectivity index (χ1v) is 3.98. The summed E-state index contributed by atoms with van der Waals surface area (Å²) in [5.41, 5.74) is 0. The zero-order valence-corrected chi connectivity index (χ0v) is 7.06. The summed E-state index contributed by atoms with van der Waals surface area (Å²) < 4.78 is 10.2. The van der Waals surface area contributed by atoms with Crippen LogP contribution in [-0.2, 0) is 9.47 Å². The van der Waals surface area contributed by atoms with Crippen LogP contribution in [0.4, 0.5) is 0 Å². The van der Waals surface area contributed by atoms with Gasteiger partial charge in [0.15, 0.2) is 0 Å². The highest BCUT2D eigenvalue weighted by molar-refractivity contribution is 4.34. The Labute approximate surface area is 93.0 Å². The van der Waals surface area contributed by atoms with Crippen LogP contribution in [0.1, 0.15) is 55.9 Å². The monoisotopic (exact) mass is 210 g/mol. The summed E-state index contributed by atoms with van der Waals surface area (Å²) in [6.07, 6.45) is 3.40. The second kappa shape index (κ2) is 29.3. The van der Waals surface area contributed by atoms with Gasteiger partial charge in [-0.2, -0.15) is 0 Å². The van der Waals surface area contributed by atoms with Crippen LogP contribution in [0.3, 0.4) is 0 Å². The normalized spacial score (nSPS) is 7.29. The maximum atomic E-state index is 5.30. The Bertz CT molecular complexity index is 48.3. The van der Waals surface area contributed by atoms with Crippen molar-refractivity contribution in [2.75, 3.05) is 26.9 Å². The molecule has 0 saturated carbocycles. The molecular formula is C12H34O2. The fourth-order valence-corrected chi connectivity index (χ4v) is 0.654. The summed E-state index contributed by atoms with van der Waals surface area (Å²) in [4.78, 5) is 0. The van der Waals surface area contributed by atoms with Gasteiger partial charge in [-0.05, 0) is 12.8 Å². The molecule has 0 amide bonds. The largest absolute Gasteiger partial charge is 0.385 e. The molecule has 0 fully saturated rings. The van der Waals surface area contributed by atoms with E-state index >= 15 is 0 Å². The summed E-state index contributed by atoms with van der Waals surface area (Å²) in [6, 6.07) is 0. The lowest BCUT2D eigenvalue weighted by atomic mass is 10.4. The van der Waals surface area contributed by atoms with Crippen molar-refractivity contribution in [2.45, 2.75) is 55.9 Å². The van der Waals surface area contributed by atoms with Crippen LogP contribution in [-0.4, -0.2) is 26.9 Å². The van der Waals surface area contributed by atoms with Gasteiger partial charge >= 0.3 is 0 Å². The number of hydrogen-bond acceptors (Lipinski definition) is 2. The van der Waals surface area contributed by atoms with Crippen LogP contribution in [0, 0.1) is 0 Å². The fourth-order valence-electron chi connectivity index (χ4n) is 0.654. The zero-order chi connectivity index (χ0) is 7.66. The molecule has 0 aliphatic heterocycles. The highest BCUT2D eigenvalue weighted by atomic mass is 16.5. The first-order chi connectivity index (χ1) is 4.91. The van der Waals surface area contributed by atoms with Gasteiger partial charge in [0.1, 0.15) is 0 Å². The zero-order valence-electron chi connectivity index (χ0n) is 7.06. The SMILES string of the molecule is C.C.C.C.CCCCOCCCOC. The molecule has 0 bridgehead atoms. The van der Waals surface area contributed by atoms with E-state index in [-0.39, 0.29) is 29.7 Å². The third-order valence-corrected chi connectivity index (χ3v) is 1.28. The Morgan fingerprint density at radius 3 is 1.71 bits per heavy atom. The minimum atomic E-state index is 0.